The van der Waals surface area contributed by atoms with Crippen molar-refractivity contribution in [3.63, 3.8) is 0 Å². The molecule has 0 radical (unpaired) electrons. The third-order valence-corrected chi connectivity index (χ3v) is 18.3. The first-order valence-electron chi connectivity index (χ1n) is 29.8. The molecule has 87 heavy (non-hydrogen) atoms. The summed E-state index contributed by atoms with van der Waals surface area (Å²) in [6.07, 6.45) is 15.9. The van der Waals surface area contributed by atoms with Gasteiger partial charge in [0, 0.05) is 21.4 Å². The Morgan fingerprint density at radius 1 is 0.437 bits per heavy atom. The SMILES string of the molecule is C.C.COC1CCC(c2ccc(C3COC(=O)N3c3ccc4nc[nH]c4c3)cc2)CC1.O=C1CCC(c2ccc(C3COC(=O)N3c3ccc4nc[nH]c4c3)cc2)CC1.O=C1OCC(c2ccc(C3CCC(O)CC3)cc2)N1c1ccc2nc[nH]c2c1.[2HH]. The molecular weight excluding hydrogens is 1100 g/mol. The molecule has 3 aromatic heterocycles. The number of aliphatic hydroxyl groups is 1. The fourth-order valence-electron chi connectivity index (χ4n) is 13.4. The minimum atomic E-state index is -0.335. The highest BCUT2D eigenvalue weighted by Gasteiger charge is 2.39. The van der Waals surface area contributed by atoms with Crippen molar-refractivity contribution in [2.75, 3.05) is 41.6 Å². The van der Waals surface area contributed by atoms with Crippen molar-refractivity contribution < 1.29 is 44.7 Å². The summed E-state index contributed by atoms with van der Waals surface area (Å²) in [5, 5.41) is 9.72. The number of carbonyl (C=O) groups excluding carboxylic acids is 4. The Hall–Kier alpha value is -8.87. The highest BCUT2D eigenvalue weighted by atomic mass is 16.6. The lowest BCUT2D eigenvalue weighted by atomic mass is 9.82. The molecule has 0 spiro atoms. The van der Waals surface area contributed by atoms with Crippen LogP contribution < -0.4 is 14.7 Å². The largest absolute Gasteiger partial charge is 0.447 e. The van der Waals surface area contributed by atoms with Gasteiger partial charge in [-0.1, -0.05) is 87.6 Å². The number of ether oxygens (including phenoxy) is 4. The molecule has 4 N–H and O–H groups in total. The second kappa shape index (κ2) is 26.4. The van der Waals surface area contributed by atoms with E-state index in [0.29, 0.717) is 62.3 Å². The van der Waals surface area contributed by atoms with E-state index in [-0.39, 0.29) is 58.8 Å². The molecular formula is C69H79N9O9. The zero-order chi connectivity index (χ0) is 58.0. The molecule has 6 fully saturated rings. The summed E-state index contributed by atoms with van der Waals surface area (Å²) in [6.45, 7) is 1.03. The van der Waals surface area contributed by atoms with Crippen molar-refractivity contribution in [1.29, 1.82) is 0 Å². The van der Waals surface area contributed by atoms with Gasteiger partial charge in [-0.25, -0.2) is 29.3 Å². The maximum atomic E-state index is 12.5. The molecule has 6 heterocycles. The van der Waals surface area contributed by atoms with E-state index in [1.54, 1.807) is 40.8 Å². The number of cyclic esters (lactones) is 3. The van der Waals surface area contributed by atoms with Gasteiger partial charge in [0.25, 0.3) is 0 Å². The van der Waals surface area contributed by atoms with Gasteiger partial charge < -0.3 is 39.0 Å². The third-order valence-electron chi connectivity index (χ3n) is 18.3. The van der Waals surface area contributed by atoms with Gasteiger partial charge in [0.05, 0.1) is 99.5 Å². The minimum Gasteiger partial charge on any atom is -0.447 e. The lowest BCUT2D eigenvalue weighted by molar-refractivity contribution is -0.120. The van der Waals surface area contributed by atoms with Crippen molar-refractivity contribution in [3.8, 4) is 0 Å². The molecule has 3 aliphatic heterocycles. The van der Waals surface area contributed by atoms with Gasteiger partial charge in [-0.15, -0.1) is 0 Å². The Morgan fingerprint density at radius 3 is 1.08 bits per heavy atom. The van der Waals surface area contributed by atoms with E-state index in [4.69, 9.17) is 18.9 Å². The number of benzene rings is 6. The minimum absolute atomic E-state index is 0. The van der Waals surface area contributed by atoms with E-state index in [1.807, 2.05) is 54.6 Å². The van der Waals surface area contributed by atoms with E-state index in [2.05, 4.69) is 103 Å². The van der Waals surface area contributed by atoms with Gasteiger partial charge >= 0.3 is 18.3 Å². The molecule has 454 valence electrons. The third kappa shape index (κ3) is 12.7. The first-order chi connectivity index (χ1) is 41.6. The van der Waals surface area contributed by atoms with Gasteiger partial charge in [-0.2, -0.15) is 0 Å². The first-order valence-corrected chi connectivity index (χ1v) is 29.8. The number of hydrogen-bond donors (Lipinski definition) is 4. The van der Waals surface area contributed by atoms with Crippen LogP contribution >= 0.6 is 0 Å². The lowest BCUT2D eigenvalue weighted by Gasteiger charge is -2.28. The number of rotatable bonds is 10. The molecule has 15 rings (SSSR count). The molecule has 6 aromatic carbocycles. The van der Waals surface area contributed by atoms with Crippen molar-refractivity contribution in [2.45, 2.75) is 140 Å². The average Bonchev–Trinajstić information content (AvgIpc) is 2.47. The molecule has 18 nitrogen and oxygen atoms in total. The van der Waals surface area contributed by atoms with Gasteiger partial charge in [0.2, 0.25) is 0 Å². The van der Waals surface area contributed by atoms with Crippen molar-refractivity contribution in [1.82, 2.24) is 29.9 Å². The molecule has 0 bridgehead atoms. The summed E-state index contributed by atoms with van der Waals surface area (Å²) < 4.78 is 21.6. The predicted molar refractivity (Wildman–Crippen MR) is 338 cm³/mol. The van der Waals surface area contributed by atoms with Gasteiger partial charge in [-0.05, 0) is 170 Å². The Morgan fingerprint density at radius 2 is 0.747 bits per heavy atom. The summed E-state index contributed by atoms with van der Waals surface area (Å²) in [6, 6.07) is 42.5. The molecule has 18 heteroatoms. The topological polar surface area (TPSA) is 221 Å². The fraction of sp³-hybridized carbons (Fsp3) is 0.377. The Bertz CT molecular complexity index is 3820. The van der Waals surface area contributed by atoms with E-state index >= 15 is 0 Å². The molecule has 3 amide bonds. The number of carbonyl (C=O) groups is 4. The molecule has 3 aliphatic carbocycles. The smallest absolute Gasteiger partial charge is 0.415 e. The van der Waals surface area contributed by atoms with Crippen LogP contribution in [0.5, 0.6) is 0 Å². The van der Waals surface area contributed by atoms with Crippen LogP contribution in [0, 0.1) is 0 Å². The van der Waals surface area contributed by atoms with Crippen LogP contribution in [0.3, 0.4) is 0 Å². The van der Waals surface area contributed by atoms with Gasteiger partial charge in [0.15, 0.2) is 0 Å². The normalized spacial score (nSPS) is 23.1. The molecule has 6 aliphatic rings. The lowest BCUT2D eigenvalue weighted by Crippen LogP contribution is -2.27. The second-order valence-electron chi connectivity index (χ2n) is 23.2. The predicted octanol–water partition coefficient (Wildman–Crippen LogP) is 15.2. The van der Waals surface area contributed by atoms with Crippen LogP contribution in [0.4, 0.5) is 31.4 Å². The van der Waals surface area contributed by atoms with Crippen LogP contribution in [0.1, 0.15) is 163 Å². The number of methoxy groups -OCH3 is 1. The number of amides is 3. The number of imidazole rings is 3. The molecule has 9 aromatic rings. The highest BCUT2D eigenvalue weighted by molar-refractivity contribution is 5.95. The molecule has 3 unspecified atom stereocenters. The van der Waals surface area contributed by atoms with E-state index in [9.17, 15) is 24.3 Å². The number of Topliss-reactive ketones (excluding diaryl/α,β-unsaturated/α-hetero) is 1. The van der Waals surface area contributed by atoms with Crippen LogP contribution in [-0.4, -0.2) is 98.2 Å². The summed E-state index contributed by atoms with van der Waals surface area (Å²) in [5.41, 5.74) is 14.9. The van der Waals surface area contributed by atoms with Crippen LogP contribution in [0.15, 0.2) is 146 Å². The zero-order valence-corrected chi connectivity index (χ0v) is 47.5. The number of hydrogen-bond acceptors (Lipinski definition) is 12. The van der Waals surface area contributed by atoms with Gasteiger partial charge in [-0.3, -0.25) is 19.5 Å². The van der Waals surface area contributed by atoms with E-state index in [0.717, 1.165) is 118 Å². The monoisotopic (exact) mass is 1180 g/mol. The molecule has 3 saturated heterocycles. The van der Waals surface area contributed by atoms with Gasteiger partial charge in [0.1, 0.15) is 25.6 Å². The van der Waals surface area contributed by atoms with E-state index in [1.165, 1.54) is 29.5 Å². The number of nitrogens with zero attached hydrogens (tertiary/aromatic N) is 6. The van der Waals surface area contributed by atoms with Crippen LogP contribution in [-0.2, 0) is 23.7 Å². The average molecular weight is 1180 g/mol. The number of anilines is 3. The van der Waals surface area contributed by atoms with Crippen LogP contribution in [0.2, 0.25) is 0 Å². The fourth-order valence-corrected chi connectivity index (χ4v) is 13.4. The number of fused-ring (bicyclic) bond motifs is 3. The van der Waals surface area contributed by atoms with Crippen molar-refractivity contribution in [2.24, 2.45) is 0 Å². The number of aromatic nitrogens is 6. The quantitative estimate of drug-likeness (QED) is 0.0940. The summed E-state index contributed by atoms with van der Waals surface area (Å²) >= 11 is 0. The van der Waals surface area contributed by atoms with Crippen molar-refractivity contribution >= 4 is 74.2 Å². The Kier molecular flexibility index (Phi) is 18.2. The number of nitrogens with one attached hydrogen (secondary N) is 3. The highest BCUT2D eigenvalue weighted by Crippen LogP contribution is 2.41. The molecule has 3 saturated carbocycles. The Balaban J connectivity index is 0.000000143. The van der Waals surface area contributed by atoms with Crippen LogP contribution in [0.25, 0.3) is 33.1 Å². The maximum absolute atomic E-state index is 12.5. The van der Waals surface area contributed by atoms with E-state index < -0.39 is 0 Å². The van der Waals surface area contributed by atoms with Crippen molar-refractivity contribution in [3.05, 3.63) is 180 Å². The standard InChI is InChI=1S/C23H25N3O3.C22H23N3O3.C22H21N3O3.2CH4.H2/c1-28-19-9-6-16(7-10-19)15-2-4-17(5-3-15)22-13-29-23(27)26(22)18-8-11-20-21(12-18)25-14-24-20;2*26-18-8-5-15(6-9-18)14-1-3-16(4-2-14)21-12-28-22(27)25(21)17-7-10-19-20(11-17)24-13-23-19;;;/h2-5,8,11-12,14,16,19,22H,6-7,9-10,13H2,1H3,(H,24,25);1-4,7,10-11,13,15,18,21,26H,5-6,8-9,12H2,(H,23,24);1-4,7,10-11,13,15,21H,5-6,8-9,12H2,(H,23,24);2*1H4;1H/i;;;;;1+1. The molecule has 3 atom stereocenters. The number of aliphatic hydroxyl groups excluding tert-OH is 1. The zero-order valence-electron chi connectivity index (χ0n) is 47.5. The number of aromatic amines is 3. The first kappa shape index (κ1) is 59.8. The Labute approximate surface area is 508 Å². The number of H-pyrrole nitrogens is 3. The summed E-state index contributed by atoms with van der Waals surface area (Å²) in [4.78, 5) is 76.0. The second-order valence-corrected chi connectivity index (χ2v) is 23.2. The maximum Gasteiger partial charge on any atom is 0.415 e. The summed E-state index contributed by atoms with van der Waals surface area (Å²) in [5.74, 6) is 1.93. The number of ketones is 1. The summed E-state index contributed by atoms with van der Waals surface area (Å²) in [7, 11) is 1.81.